The average Bonchev–Trinajstić information content (AvgIpc) is 3.51. The van der Waals surface area contributed by atoms with E-state index in [4.69, 9.17) is 25.8 Å². The molecule has 2 saturated heterocycles. The van der Waals surface area contributed by atoms with Crippen LogP contribution in [0.4, 0.5) is 5.82 Å². The molecule has 0 amide bonds. The van der Waals surface area contributed by atoms with Gasteiger partial charge >= 0.3 is 0 Å². The highest BCUT2D eigenvalue weighted by atomic mass is 35.5. The number of aromatic amines is 1. The van der Waals surface area contributed by atoms with Gasteiger partial charge in [0.1, 0.15) is 24.1 Å². The lowest BCUT2D eigenvalue weighted by molar-refractivity contribution is 0.00706. The number of hydrogen-bond donors (Lipinski definition) is 3. The smallest absolute Gasteiger partial charge is 0.296 e. The Labute approximate surface area is 183 Å². The Balaban J connectivity index is 1.14. The van der Waals surface area contributed by atoms with Crippen LogP contribution in [0.5, 0.6) is 6.01 Å². The summed E-state index contributed by atoms with van der Waals surface area (Å²) < 4.78 is 17.2. The fraction of sp³-hybridized carbons (Fsp3) is 0.455. The van der Waals surface area contributed by atoms with Crippen LogP contribution in [0.2, 0.25) is 5.02 Å². The largest absolute Gasteiger partial charge is 0.456 e. The highest BCUT2D eigenvalue weighted by Crippen LogP contribution is 2.31. The molecule has 162 valence electrons. The van der Waals surface area contributed by atoms with Gasteiger partial charge in [0, 0.05) is 6.54 Å². The van der Waals surface area contributed by atoms with Gasteiger partial charge in [-0.1, -0.05) is 35.9 Å². The van der Waals surface area contributed by atoms with Crippen molar-refractivity contribution in [1.29, 1.82) is 0 Å². The van der Waals surface area contributed by atoms with Crippen molar-refractivity contribution in [1.82, 2.24) is 15.0 Å². The highest BCUT2D eigenvalue weighted by Gasteiger charge is 2.48. The summed E-state index contributed by atoms with van der Waals surface area (Å²) in [7, 11) is 0. The molecule has 4 atom stereocenters. The standard InChI is InChI=1S/C22H23ClN4O4/c23-14-7-15-21(26-20(14)24-8-11-5-12-3-1-2-4-13(12)6-11)27-22(25-15)31-17-10-30-18-16(28)9-29-19(17)18/h1-4,7,11,16-19,28H,5-6,8-10H2,(H2,24,25,26,27)/t16-,17-,18-,19-/m1/s1. The van der Waals surface area contributed by atoms with E-state index >= 15 is 0 Å². The minimum Gasteiger partial charge on any atom is -0.456 e. The molecular formula is C22H23ClN4O4. The summed E-state index contributed by atoms with van der Waals surface area (Å²) in [6.45, 7) is 1.39. The van der Waals surface area contributed by atoms with Gasteiger partial charge in [-0.3, -0.25) is 0 Å². The lowest BCUT2D eigenvalue weighted by Gasteiger charge is -2.15. The number of nitrogens with one attached hydrogen (secondary N) is 2. The number of aromatic nitrogens is 3. The van der Waals surface area contributed by atoms with Crippen molar-refractivity contribution in [2.75, 3.05) is 25.1 Å². The van der Waals surface area contributed by atoms with E-state index in [1.807, 2.05) is 0 Å². The number of benzene rings is 1. The maximum atomic E-state index is 9.88. The molecule has 0 radical (unpaired) electrons. The highest BCUT2D eigenvalue weighted by molar-refractivity contribution is 6.33. The summed E-state index contributed by atoms with van der Waals surface area (Å²) >= 11 is 6.47. The van der Waals surface area contributed by atoms with E-state index < -0.39 is 6.10 Å². The van der Waals surface area contributed by atoms with Crippen molar-refractivity contribution < 1.29 is 19.3 Å². The molecule has 0 spiro atoms. The molecule has 2 aliphatic heterocycles. The molecule has 3 aromatic rings. The molecular weight excluding hydrogens is 420 g/mol. The van der Waals surface area contributed by atoms with E-state index in [2.05, 4.69) is 44.5 Å². The Morgan fingerprint density at radius 1 is 1.13 bits per heavy atom. The van der Waals surface area contributed by atoms with Gasteiger partial charge in [-0.25, -0.2) is 4.98 Å². The van der Waals surface area contributed by atoms with Gasteiger partial charge in [0.25, 0.3) is 6.01 Å². The van der Waals surface area contributed by atoms with Crippen molar-refractivity contribution in [3.8, 4) is 6.01 Å². The zero-order chi connectivity index (χ0) is 20.9. The summed E-state index contributed by atoms with van der Waals surface area (Å²) in [5.41, 5.74) is 4.07. The maximum Gasteiger partial charge on any atom is 0.296 e. The van der Waals surface area contributed by atoms with Crippen molar-refractivity contribution >= 4 is 28.6 Å². The molecule has 9 heteroatoms. The van der Waals surface area contributed by atoms with Crippen LogP contribution in [0.15, 0.2) is 30.3 Å². The molecule has 8 nitrogen and oxygen atoms in total. The van der Waals surface area contributed by atoms with Gasteiger partial charge in [0.15, 0.2) is 11.8 Å². The minimum absolute atomic E-state index is 0.258. The Morgan fingerprint density at radius 3 is 2.71 bits per heavy atom. The lowest BCUT2D eigenvalue weighted by Crippen LogP contribution is -2.34. The Morgan fingerprint density at radius 2 is 1.90 bits per heavy atom. The number of pyridine rings is 1. The Kier molecular flexibility index (Phi) is 4.75. The van der Waals surface area contributed by atoms with Gasteiger partial charge in [0.05, 0.1) is 23.8 Å². The first-order valence-corrected chi connectivity index (χ1v) is 11.0. The third-order valence-electron chi connectivity index (χ3n) is 6.34. The normalized spacial score (nSPS) is 27.5. The number of rotatable bonds is 5. The molecule has 0 bridgehead atoms. The second-order valence-corrected chi connectivity index (χ2v) is 8.88. The summed E-state index contributed by atoms with van der Waals surface area (Å²) in [4.78, 5) is 12.2. The van der Waals surface area contributed by atoms with E-state index in [0.717, 1.165) is 19.4 Å². The number of aliphatic hydroxyl groups excluding tert-OH is 1. The molecule has 4 heterocycles. The van der Waals surface area contributed by atoms with E-state index in [9.17, 15) is 5.11 Å². The van der Waals surface area contributed by atoms with Crippen LogP contribution in [-0.2, 0) is 22.3 Å². The average molecular weight is 443 g/mol. The predicted molar refractivity (Wildman–Crippen MR) is 115 cm³/mol. The number of aliphatic hydroxyl groups is 1. The van der Waals surface area contributed by atoms with Crippen LogP contribution < -0.4 is 10.1 Å². The number of anilines is 1. The fourth-order valence-corrected chi connectivity index (χ4v) is 5.02. The first-order chi connectivity index (χ1) is 15.1. The quantitative estimate of drug-likeness (QED) is 0.557. The third kappa shape index (κ3) is 3.53. The topological polar surface area (TPSA) is 102 Å². The van der Waals surface area contributed by atoms with Crippen LogP contribution in [0.25, 0.3) is 11.2 Å². The number of H-pyrrole nitrogens is 1. The van der Waals surface area contributed by atoms with E-state index in [-0.39, 0.29) is 24.9 Å². The van der Waals surface area contributed by atoms with Crippen molar-refractivity contribution in [3.05, 3.63) is 46.5 Å². The Hall–Kier alpha value is -2.39. The van der Waals surface area contributed by atoms with Crippen LogP contribution in [0.1, 0.15) is 11.1 Å². The molecule has 6 rings (SSSR count). The van der Waals surface area contributed by atoms with Gasteiger partial charge in [-0.15, -0.1) is 0 Å². The second-order valence-electron chi connectivity index (χ2n) is 8.48. The molecule has 0 saturated carbocycles. The predicted octanol–water partition coefficient (Wildman–Crippen LogP) is 2.34. The van der Waals surface area contributed by atoms with E-state index in [1.54, 1.807) is 6.07 Å². The van der Waals surface area contributed by atoms with Crippen LogP contribution in [-0.4, -0.2) is 64.2 Å². The zero-order valence-corrected chi connectivity index (χ0v) is 17.5. The van der Waals surface area contributed by atoms with Crippen LogP contribution >= 0.6 is 11.6 Å². The number of imidazole rings is 1. The van der Waals surface area contributed by atoms with Crippen LogP contribution in [0.3, 0.4) is 0 Å². The SMILES string of the molecule is O[C@@H]1CO[C@H]2[C@@H]1OC[C@H]2Oc1nc2nc(NCC3Cc4ccccc4C3)c(Cl)cc2[nH]1. The monoisotopic (exact) mass is 442 g/mol. The number of ether oxygens (including phenoxy) is 3. The van der Waals surface area contributed by atoms with Gasteiger partial charge < -0.3 is 29.6 Å². The molecule has 1 aliphatic carbocycles. The number of fused-ring (bicyclic) bond motifs is 3. The molecule has 3 N–H and O–H groups in total. The number of halogens is 1. The second kappa shape index (κ2) is 7.63. The Bertz CT molecular complexity index is 1100. The van der Waals surface area contributed by atoms with Crippen molar-refractivity contribution in [2.24, 2.45) is 5.92 Å². The molecule has 2 fully saturated rings. The summed E-state index contributed by atoms with van der Waals surface area (Å²) in [6.07, 6.45) is 0.528. The molecule has 1 aromatic carbocycles. The van der Waals surface area contributed by atoms with Gasteiger partial charge in [-0.2, -0.15) is 4.98 Å². The first kappa shape index (κ1) is 19.3. The van der Waals surface area contributed by atoms with Crippen molar-refractivity contribution in [2.45, 2.75) is 37.3 Å². The van der Waals surface area contributed by atoms with Crippen LogP contribution in [0, 0.1) is 5.92 Å². The molecule has 0 unspecified atom stereocenters. The van der Waals surface area contributed by atoms with Gasteiger partial charge in [-0.05, 0) is 36.0 Å². The third-order valence-corrected chi connectivity index (χ3v) is 6.63. The van der Waals surface area contributed by atoms with E-state index in [1.165, 1.54) is 11.1 Å². The minimum atomic E-state index is -0.615. The zero-order valence-electron chi connectivity index (χ0n) is 16.8. The lowest BCUT2D eigenvalue weighted by atomic mass is 10.1. The molecule has 31 heavy (non-hydrogen) atoms. The molecule has 2 aromatic heterocycles. The van der Waals surface area contributed by atoms with Crippen molar-refractivity contribution in [3.63, 3.8) is 0 Å². The number of nitrogens with zero attached hydrogens (tertiary/aromatic N) is 2. The molecule has 3 aliphatic rings. The number of hydrogen-bond acceptors (Lipinski definition) is 7. The van der Waals surface area contributed by atoms with Gasteiger partial charge in [0.2, 0.25) is 0 Å². The first-order valence-electron chi connectivity index (χ1n) is 10.6. The van der Waals surface area contributed by atoms with E-state index in [0.29, 0.717) is 40.5 Å². The fourth-order valence-electron chi connectivity index (χ4n) is 4.80. The maximum absolute atomic E-state index is 9.88. The summed E-state index contributed by atoms with van der Waals surface area (Å²) in [5, 5.41) is 13.8. The summed E-state index contributed by atoms with van der Waals surface area (Å²) in [6, 6.07) is 10.7. The summed E-state index contributed by atoms with van der Waals surface area (Å²) in [5.74, 6) is 1.14.